The number of H-pyrrole nitrogens is 1. The fraction of sp³-hybridized carbons (Fsp3) is 0. The number of aromatic amines is 1. The predicted octanol–water partition coefficient (Wildman–Crippen LogP) is 2.86. The zero-order valence-corrected chi connectivity index (χ0v) is 11.5. The molecule has 104 valence electrons. The van der Waals surface area contributed by atoms with Crippen molar-refractivity contribution in [2.45, 2.75) is 0 Å². The smallest absolute Gasteiger partial charge is 0.262 e. The monoisotopic (exact) mass is 299 g/mol. The van der Waals surface area contributed by atoms with Gasteiger partial charge < -0.3 is 10.1 Å². The van der Waals surface area contributed by atoms with E-state index < -0.39 is 5.56 Å². The fourth-order valence-electron chi connectivity index (χ4n) is 2.01. The summed E-state index contributed by atoms with van der Waals surface area (Å²) in [6, 6.07) is 10.1. The van der Waals surface area contributed by atoms with Crippen LogP contribution in [0.15, 0.2) is 53.6 Å². The van der Waals surface area contributed by atoms with Crippen LogP contribution in [-0.4, -0.2) is 20.1 Å². The summed E-state index contributed by atoms with van der Waals surface area (Å²) < 4.78 is 0. The molecule has 0 atom stereocenters. The Balaban J connectivity index is 2.16. The first-order chi connectivity index (χ1) is 10.1. The number of pyridine rings is 1. The maximum absolute atomic E-state index is 12.2. The molecule has 0 unspecified atom stereocenters. The van der Waals surface area contributed by atoms with Gasteiger partial charge in [-0.25, -0.2) is 0 Å². The number of aromatic hydroxyl groups is 1. The first-order valence-electron chi connectivity index (χ1n) is 6.15. The molecule has 3 rings (SSSR count). The minimum atomic E-state index is -0.434. The molecular formula is C15H10ClN3O2. The highest BCUT2D eigenvalue weighted by molar-refractivity contribution is 6.30. The molecule has 0 fully saturated rings. The van der Waals surface area contributed by atoms with E-state index in [4.69, 9.17) is 11.6 Å². The number of rotatable bonds is 2. The Morgan fingerprint density at radius 3 is 2.52 bits per heavy atom. The summed E-state index contributed by atoms with van der Waals surface area (Å²) in [6.07, 6.45) is 3.16. The third kappa shape index (κ3) is 2.64. The number of halogens is 1. The first-order valence-corrected chi connectivity index (χ1v) is 6.52. The normalized spacial score (nSPS) is 10.5. The number of nitrogens with one attached hydrogen (secondary N) is 1. The van der Waals surface area contributed by atoms with Gasteiger partial charge in [-0.05, 0) is 29.8 Å². The molecule has 5 nitrogen and oxygen atoms in total. The lowest BCUT2D eigenvalue weighted by Crippen LogP contribution is -2.12. The van der Waals surface area contributed by atoms with E-state index in [-0.39, 0.29) is 17.3 Å². The van der Waals surface area contributed by atoms with Gasteiger partial charge in [-0.15, -0.1) is 0 Å². The Morgan fingerprint density at radius 2 is 1.86 bits per heavy atom. The van der Waals surface area contributed by atoms with Gasteiger partial charge >= 0.3 is 0 Å². The molecule has 0 saturated carbocycles. The van der Waals surface area contributed by atoms with Crippen LogP contribution in [0.1, 0.15) is 0 Å². The molecule has 6 heteroatoms. The van der Waals surface area contributed by atoms with Gasteiger partial charge in [-0.1, -0.05) is 23.7 Å². The third-order valence-electron chi connectivity index (χ3n) is 2.97. The molecule has 1 aromatic carbocycles. The minimum absolute atomic E-state index is 0.0929. The van der Waals surface area contributed by atoms with Crippen LogP contribution in [0.2, 0.25) is 5.02 Å². The Labute approximate surface area is 124 Å². The van der Waals surface area contributed by atoms with Crippen LogP contribution < -0.4 is 5.56 Å². The average Bonchev–Trinajstić information content (AvgIpc) is 2.47. The van der Waals surface area contributed by atoms with Crippen molar-refractivity contribution in [2.75, 3.05) is 0 Å². The van der Waals surface area contributed by atoms with Crippen molar-refractivity contribution < 1.29 is 5.11 Å². The van der Waals surface area contributed by atoms with Gasteiger partial charge in [0.2, 0.25) is 5.88 Å². The van der Waals surface area contributed by atoms with Gasteiger partial charge in [0.25, 0.3) is 5.56 Å². The standard InChI is InChI=1S/C15H10ClN3O2/c16-11-3-1-2-10(8-11)12-14(20)18-13(19-15(12)21)9-4-6-17-7-5-9/h1-8H,(H2,18,19,20,21). The predicted molar refractivity (Wildman–Crippen MR) is 80.2 cm³/mol. The van der Waals surface area contributed by atoms with E-state index in [0.29, 0.717) is 16.1 Å². The van der Waals surface area contributed by atoms with Gasteiger partial charge in [-0.2, -0.15) is 4.98 Å². The van der Waals surface area contributed by atoms with E-state index >= 15 is 0 Å². The fourth-order valence-corrected chi connectivity index (χ4v) is 2.20. The average molecular weight is 300 g/mol. The van der Waals surface area contributed by atoms with Crippen LogP contribution in [-0.2, 0) is 0 Å². The molecular weight excluding hydrogens is 290 g/mol. The van der Waals surface area contributed by atoms with Crippen molar-refractivity contribution in [1.29, 1.82) is 0 Å². The molecule has 0 amide bonds. The highest BCUT2D eigenvalue weighted by Gasteiger charge is 2.14. The lowest BCUT2D eigenvalue weighted by Gasteiger charge is -2.06. The van der Waals surface area contributed by atoms with E-state index in [1.54, 1.807) is 48.8 Å². The number of aromatic nitrogens is 3. The zero-order chi connectivity index (χ0) is 14.8. The van der Waals surface area contributed by atoms with Crippen LogP contribution in [0.4, 0.5) is 0 Å². The second-order valence-electron chi connectivity index (χ2n) is 4.36. The molecule has 3 aromatic rings. The lowest BCUT2D eigenvalue weighted by molar-refractivity contribution is 0.454. The number of benzene rings is 1. The van der Waals surface area contributed by atoms with Crippen LogP contribution >= 0.6 is 11.6 Å². The second kappa shape index (κ2) is 5.38. The molecule has 0 aliphatic rings. The summed E-state index contributed by atoms with van der Waals surface area (Å²) in [5, 5.41) is 10.6. The first kappa shape index (κ1) is 13.3. The number of nitrogens with zero attached hydrogens (tertiary/aromatic N) is 2. The molecule has 2 N–H and O–H groups in total. The van der Waals surface area contributed by atoms with E-state index in [1.807, 2.05) is 0 Å². The van der Waals surface area contributed by atoms with Crippen molar-refractivity contribution in [3.63, 3.8) is 0 Å². The maximum atomic E-state index is 12.2. The summed E-state index contributed by atoms with van der Waals surface area (Å²) in [4.78, 5) is 22.8. The second-order valence-corrected chi connectivity index (χ2v) is 4.80. The Morgan fingerprint density at radius 1 is 1.10 bits per heavy atom. The Hall–Kier alpha value is -2.66. The van der Waals surface area contributed by atoms with Gasteiger partial charge in [0.05, 0.1) is 0 Å². The summed E-state index contributed by atoms with van der Waals surface area (Å²) in [5.74, 6) is -0.0569. The van der Waals surface area contributed by atoms with Crippen molar-refractivity contribution >= 4 is 11.6 Å². The van der Waals surface area contributed by atoms with E-state index in [1.165, 1.54) is 0 Å². The zero-order valence-electron chi connectivity index (χ0n) is 10.7. The van der Waals surface area contributed by atoms with Crippen molar-refractivity contribution in [3.05, 3.63) is 64.2 Å². The largest absolute Gasteiger partial charge is 0.493 e. The highest BCUT2D eigenvalue weighted by Crippen LogP contribution is 2.27. The van der Waals surface area contributed by atoms with Gasteiger partial charge in [0.1, 0.15) is 11.4 Å². The van der Waals surface area contributed by atoms with Crippen LogP contribution in [0.25, 0.3) is 22.5 Å². The van der Waals surface area contributed by atoms with E-state index in [2.05, 4.69) is 15.0 Å². The van der Waals surface area contributed by atoms with Crippen molar-refractivity contribution in [1.82, 2.24) is 15.0 Å². The molecule has 0 aliphatic carbocycles. The van der Waals surface area contributed by atoms with E-state index in [9.17, 15) is 9.90 Å². The van der Waals surface area contributed by atoms with Crippen molar-refractivity contribution in [2.24, 2.45) is 0 Å². The van der Waals surface area contributed by atoms with Crippen LogP contribution in [0.5, 0.6) is 5.88 Å². The Kier molecular flexibility index (Phi) is 3.41. The molecule has 0 aliphatic heterocycles. The highest BCUT2D eigenvalue weighted by atomic mass is 35.5. The van der Waals surface area contributed by atoms with Gasteiger partial charge in [0, 0.05) is 23.0 Å². The summed E-state index contributed by atoms with van der Waals surface area (Å²) in [7, 11) is 0. The molecule has 0 saturated heterocycles. The van der Waals surface area contributed by atoms with Gasteiger partial charge in [-0.3, -0.25) is 9.78 Å². The molecule has 0 bridgehead atoms. The third-order valence-corrected chi connectivity index (χ3v) is 3.20. The Bertz CT molecular complexity index is 847. The maximum Gasteiger partial charge on any atom is 0.262 e. The van der Waals surface area contributed by atoms with Crippen LogP contribution in [0.3, 0.4) is 0 Å². The summed E-state index contributed by atoms with van der Waals surface area (Å²) in [5.41, 5.74) is 0.831. The summed E-state index contributed by atoms with van der Waals surface area (Å²) in [6.45, 7) is 0. The topological polar surface area (TPSA) is 78.9 Å². The number of hydrogen-bond acceptors (Lipinski definition) is 4. The lowest BCUT2D eigenvalue weighted by atomic mass is 10.1. The van der Waals surface area contributed by atoms with E-state index in [0.717, 1.165) is 0 Å². The molecule has 21 heavy (non-hydrogen) atoms. The summed E-state index contributed by atoms with van der Waals surface area (Å²) >= 11 is 5.91. The van der Waals surface area contributed by atoms with Crippen LogP contribution in [0, 0.1) is 0 Å². The van der Waals surface area contributed by atoms with Crippen molar-refractivity contribution in [3.8, 4) is 28.4 Å². The molecule has 2 heterocycles. The molecule has 2 aromatic heterocycles. The number of hydrogen-bond donors (Lipinski definition) is 2. The molecule has 0 spiro atoms. The van der Waals surface area contributed by atoms with Gasteiger partial charge in [0.15, 0.2) is 0 Å². The minimum Gasteiger partial charge on any atom is -0.493 e. The quantitative estimate of drug-likeness (QED) is 0.762. The SMILES string of the molecule is O=c1[nH]c(-c2ccncc2)nc(O)c1-c1cccc(Cl)c1. The molecule has 0 radical (unpaired) electrons.